The molecule has 5 nitrogen and oxygen atoms in total. The van der Waals surface area contributed by atoms with Crippen molar-refractivity contribution >= 4 is 35.1 Å². The van der Waals surface area contributed by atoms with Crippen LogP contribution in [-0.4, -0.2) is 41.5 Å². The van der Waals surface area contributed by atoms with Gasteiger partial charge in [0, 0.05) is 13.1 Å². The fourth-order valence-corrected chi connectivity index (χ4v) is 2.66. The molecule has 2 rings (SSSR count). The lowest BCUT2D eigenvalue weighted by Gasteiger charge is -2.28. The molecule has 0 saturated carbocycles. The summed E-state index contributed by atoms with van der Waals surface area (Å²) in [4.78, 5) is 23.9. The number of hydrogen-bond acceptors (Lipinski definition) is 3. The molecule has 1 aromatic carbocycles. The minimum absolute atomic E-state index is 0.174. The summed E-state index contributed by atoms with van der Waals surface area (Å²) in [6.07, 6.45) is 0.723. The van der Waals surface area contributed by atoms with E-state index in [1.165, 1.54) is 0 Å². The Balaban J connectivity index is 1.96. The Morgan fingerprint density at radius 2 is 2.10 bits per heavy atom. The average molecular weight is 317 g/mol. The van der Waals surface area contributed by atoms with Crippen molar-refractivity contribution in [2.75, 3.05) is 19.6 Å². The molecule has 0 radical (unpaired) electrons. The molecule has 0 unspecified atom stereocenters. The third-order valence-electron chi connectivity index (χ3n) is 3.17. The maximum atomic E-state index is 11.6. The third-order valence-corrected chi connectivity index (χ3v) is 4.01. The summed E-state index contributed by atoms with van der Waals surface area (Å²) < 4.78 is 0. The fraction of sp³-hybridized carbons (Fsp3) is 0.385. The highest BCUT2D eigenvalue weighted by Crippen LogP contribution is 2.31. The van der Waals surface area contributed by atoms with Gasteiger partial charge in [-0.2, -0.15) is 0 Å². The molecule has 1 heterocycles. The molecule has 7 heteroatoms. The largest absolute Gasteiger partial charge is 0.480 e. The Kier molecular flexibility index (Phi) is 4.86. The molecular formula is C13H14Cl2N2O3. The quantitative estimate of drug-likeness (QED) is 0.884. The van der Waals surface area contributed by atoms with E-state index < -0.39 is 5.97 Å². The van der Waals surface area contributed by atoms with E-state index in [1.807, 2.05) is 11.0 Å². The molecule has 1 amide bonds. The molecule has 0 bridgehead atoms. The van der Waals surface area contributed by atoms with E-state index in [-0.39, 0.29) is 19.0 Å². The summed E-state index contributed by atoms with van der Waals surface area (Å²) >= 11 is 12.1. The highest BCUT2D eigenvalue weighted by atomic mass is 35.5. The molecule has 2 N–H and O–H groups in total. The summed E-state index contributed by atoms with van der Waals surface area (Å²) in [5, 5.41) is 12.0. The second kappa shape index (κ2) is 6.43. The van der Waals surface area contributed by atoms with Gasteiger partial charge < -0.3 is 10.4 Å². The highest BCUT2D eigenvalue weighted by molar-refractivity contribution is 6.42. The van der Waals surface area contributed by atoms with E-state index in [2.05, 4.69) is 5.32 Å². The van der Waals surface area contributed by atoms with Crippen LogP contribution < -0.4 is 5.32 Å². The SMILES string of the molecule is O=C(O)CNC(=O)CN1CCc2c(ccc(Cl)c2Cl)C1. The third kappa shape index (κ3) is 3.62. The number of carboxylic acid groups (broad SMARTS) is 1. The number of carboxylic acids is 1. The number of benzene rings is 1. The topological polar surface area (TPSA) is 69.6 Å². The maximum Gasteiger partial charge on any atom is 0.322 e. The minimum Gasteiger partial charge on any atom is -0.480 e. The van der Waals surface area contributed by atoms with Crippen molar-refractivity contribution < 1.29 is 14.7 Å². The number of hydrogen-bond donors (Lipinski definition) is 2. The number of carbonyl (C=O) groups is 2. The van der Waals surface area contributed by atoms with E-state index in [9.17, 15) is 9.59 Å². The van der Waals surface area contributed by atoms with Crippen LogP contribution in [0.1, 0.15) is 11.1 Å². The Labute approximate surface area is 126 Å². The molecule has 1 aliphatic heterocycles. The Hall–Kier alpha value is -1.30. The predicted molar refractivity (Wildman–Crippen MR) is 76.1 cm³/mol. The van der Waals surface area contributed by atoms with Gasteiger partial charge in [-0.15, -0.1) is 0 Å². The van der Waals surface area contributed by atoms with Gasteiger partial charge >= 0.3 is 5.97 Å². The zero-order valence-electron chi connectivity index (χ0n) is 10.7. The molecule has 20 heavy (non-hydrogen) atoms. The standard InChI is InChI=1S/C13H14Cl2N2O3/c14-10-2-1-8-6-17(4-3-9(8)13(10)15)7-11(18)16-5-12(19)20/h1-2H,3-7H2,(H,16,18)(H,19,20). The predicted octanol–water partition coefficient (Wildman–Crippen LogP) is 1.55. The van der Waals surface area contributed by atoms with Gasteiger partial charge in [-0.05, 0) is 23.6 Å². The smallest absolute Gasteiger partial charge is 0.322 e. The Morgan fingerprint density at radius 3 is 2.80 bits per heavy atom. The fourth-order valence-electron chi connectivity index (χ4n) is 2.21. The monoisotopic (exact) mass is 316 g/mol. The minimum atomic E-state index is -1.05. The van der Waals surface area contributed by atoms with Gasteiger partial charge in [0.2, 0.25) is 5.91 Å². The number of carbonyl (C=O) groups excluding carboxylic acids is 1. The van der Waals surface area contributed by atoms with Gasteiger partial charge in [0.15, 0.2) is 0 Å². The molecule has 0 spiro atoms. The second-order valence-corrected chi connectivity index (χ2v) is 5.42. The first-order chi connectivity index (χ1) is 9.47. The van der Waals surface area contributed by atoms with E-state index in [0.717, 1.165) is 17.5 Å². The van der Waals surface area contributed by atoms with Crippen LogP contribution in [0.2, 0.25) is 10.0 Å². The van der Waals surface area contributed by atoms with Gasteiger partial charge in [-0.3, -0.25) is 14.5 Å². The maximum absolute atomic E-state index is 11.6. The number of nitrogens with one attached hydrogen (secondary N) is 1. The summed E-state index contributed by atoms with van der Waals surface area (Å²) in [5.74, 6) is -1.35. The normalized spacial score (nSPS) is 14.7. The first-order valence-corrected chi connectivity index (χ1v) is 6.89. The van der Waals surface area contributed by atoms with E-state index in [0.29, 0.717) is 23.1 Å². The van der Waals surface area contributed by atoms with Crippen molar-refractivity contribution in [1.82, 2.24) is 10.2 Å². The number of rotatable bonds is 4. The van der Waals surface area contributed by atoms with Gasteiger partial charge in [-0.1, -0.05) is 29.3 Å². The molecule has 108 valence electrons. The molecule has 1 aromatic rings. The molecular weight excluding hydrogens is 303 g/mol. The molecule has 0 fully saturated rings. The zero-order valence-corrected chi connectivity index (χ0v) is 12.2. The van der Waals surface area contributed by atoms with E-state index in [4.69, 9.17) is 28.3 Å². The van der Waals surface area contributed by atoms with Crippen LogP contribution in [0, 0.1) is 0 Å². The summed E-state index contributed by atoms with van der Waals surface area (Å²) in [6, 6.07) is 3.65. The number of nitrogens with zero attached hydrogens (tertiary/aromatic N) is 1. The van der Waals surface area contributed by atoms with Gasteiger partial charge in [0.05, 0.1) is 16.6 Å². The van der Waals surface area contributed by atoms with Gasteiger partial charge in [0.25, 0.3) is 0 Å². The van der Waals surface area contributed by atoms with E-state index in [1.54, 1.807) is 6.07 Å². The first kappa shape index (κ1) is 15.1. The number of halogens is 2. The lowest BCUT2D eigenvalue weighted by Crippen LogP contribution is -2.41. The van der Waals surface area contributed by atoms with Crippen LogP contribution in [0.4, 0.5) is 0 Å². The number of aliphatic carboxylic acids is 1. The van der Waals surface area contributed by atoms with Crippen molar-refractivity contribution in [3.63, 3.8) is 0 Å². The Bertz CT molecular complexity index is 549. The van der Waals surface area contributed by atoms with E-state index >= 15 is 0 Å². The van der Waals surface area contributed by atoms with Crippen LogP contribution in [0.15, 0.2) is 12.1 Å². The van der Waals surface area contributed by atoms with Gasteiger partial charge in [0.1, 0.15) is 6.54 Å². The Morgan fingerprint density at radius 1 is 1.35 bits per heavy atom. The van der Waals surface area contributed by atoms with Crippen LogP contribution in [0.5, 0.6) is 0 Å². The van der Waals surface area contributed by atoms with Crippen molar-refractivity contribution in [1.29, 1.82) is 0 Å². The second-order valence-electron chi connectivity index (χ2n) is 4.63. The van der Waals surface area contributed by atoms with Crippen LogP contribution >= 0.6 is 23.2 Å². The zero-order chi connectivity index (χ0) is 14.7. The lowest BCUT2D eigenvalue weighted by atomic mass is 10.00. The number of fused-ring (bicyclic) bond motifs is 1. The van der Waals surface area contributed by atoms with Crippen molar-refractivity contribution in [3.8, 4) is 0 Å². The van der Waals surface area contributed by atoms with Crippen molar-refractivity contribution in [3.05, 3.63) is 33.3 Å². The molecule has 0 saturated heterocycles. The summed E-state index contributed by atoms with van der Waals surface area (Å²) in [7, 11) is 0. The summed E-state index contributed by atoms with van der Waals surface area (Å²) in [5.41, 5.74) is 2.08. The molecule has 0 aliphatic carbocycles. The average Bonchev–Trinajstić information content (AvgIpc) is 2.41. The summed E-state index contributed by atoms with van der Waals surface area (Å²) in [6.45, 7) is 1.11. The number of amides is 1. The molecule has 0 aromatic heterocycles. The lowest BCUT2D eigenvalue weighted by molar-refractivity contribution is -0.138. The first-order valence-electron chi connectivity index (χ1n) is 6.14. The molecule has 0 atom stereocenters. The van der Waals surface area contributed by atoms with Crippen LogP contribution in [0.25, 0.3) is 0 Å². The van der Waals surface area contributed by atoms with Crippen LogP contribution in [-0.2, 0) is 22.6 Å². The van der Waals surface area contributed by atoms with Gasteiger partial charge in [-0.25, -0.2) is 0 Å². The highest BCUT2D eigenvalue weighted by Gasteiger charge is 2.21. The van der Waals surface area contributed by atoms with Crippen molar-refractivity contribution in [2.24, 2.45) is 0 Å². The molecule has 1 aliphatic rings. The van der Waals surface area contributed by atoms with Crippen LogP contribution in [0.3, 0.4) is 0 Å². The van der Waals surface area contributed by atoms with Crippen molar-refractivity contribution in [2.45, 2.75) is 13.0 Å².